The van der Waals surface area contributed by atoms with Crippen molar-refractivity contribution >= 4 is 17.6 Å². The molecule has 7 nitrogen and oxygen atoms in total. The SMILES string of the molecule is CCN1C(=O)N(Cc2cccc(OC)c2)C(=O)C12CCN(Cc1ccc(N3CCCC3)cc1)CC2. The lowest BCUT2D eigenvalue weighted by Gasteiger charge is -2.42. The maximum Gasteiger partial charge on any atom is 0.327 e. The molecule has 3 heterocycles. The minimum Gasteiger partial charge on any atom is -0.497 e. The standard InChI is InChI=1S/C28H36N4O3/c1-3-32-27(34)31(21-23-7-6-8-25(19-23)35-2)26(33)28(32)13-17-29(18-14-28)20-22-9-11-24(12-10-22)30-15-4-5-16-30/h6-12,19H,3-5,13-18,20-21H2,1-2H3. The smallest absolute Gasteiger partial charge is 0.327 e. The molecule has 3 aliphatic heterocycles. The molecule has 3 fully saturated rings. The molecule has 3 aliphatic rings. The van der Waals surface area contributed by atoms with Crippen LogP contribution in [0.1, 0.15) is 43.7 Å². The Balaban J connectivity index is 1.24. The van der Waals surface area contributed by atoms with Gasteiger partial charge in [0.25, 0.3) is 5.91 Å². The Labute approximate surface area is 208 Å². The van der Waals surface area contributed by atoms with E-state index in [9.17, 15) is 9.59 Å². The number of likely N-dealkylation sites (tertiary alicyclic amines) is 1. The number of imide groups is 1. The summed E-state index contributed by atoms with van der Waals surface area (Å²) >= 11 is 0. The van der Waals surface area contributed by atoms with Crippen LogP contribution in [0.4, 0.5) is 10.5 Å². The van der Waals surface area contributed by atoms with Crippen molar-refractivity contribution in [3.63, 3.8) is 0 Å². The molecule has 2 aromatic rings. The van der Waals surface area contributed by atoms with Crippen LogP contribution in [0.15, 0.2) is 48.5 Å². The number of anilines is 1. The van der Waals surface area contributed by atoms with Gasteiger partial charge in [0.05, 0.1) is 13.7 Å². The maximum absolute atomic E-state index is 13.7. The van der Waals surface area contributed by atoms with Crippen molar-refractivity contribution in [3.05, 3.63) is 59.7 Å². The fourth-order valence-corrected chi connectivity index (χ4v) is 5.92. The number of hydrogen-bond donors (Lipinski definition) is 0. The van der Waals surface area contributed by atoms with Crippen LogP contribution in [-0.2, 0) is 17.9 Å². The zero-order valence-corrected chi connectivity index (χ0v) is 20.9. The Hall–Kier alpha value is -3.06. The van der Waals surface area contributed by atoms with Gasteiger partial charge in [-0.05, 0) is 68.0 Å². The summed E-state index contributed by atoms with van der Waals surface area (Å²) in [6.07, 6.45) is 3.91. The molecule has 0 unspecified atom stereocenters. The third-order valence-electron chi connectivity index (χ3n) is 7.91. The Kier molecular flexibility index (Phi) is 6.69. The third kappa shape index (κ3) is 4.49. The average molecular weight is 477 g/mol. The second kappa shape index (κ2) is 9.90. The third-order valence-corrected chi connectivity index (χ3v) is 7.91. The molecule has 7 heteroatoms. The van der Waals surface area contributed by atoms with Gasteiger partial charge in [0.1, 0.15) is 11.3 Å². The van der Waals surface area contributed by atoms with Crippen LogP contribution in [0.2, 0.25) is 0 Å². The molecular weight excluding hydrogens is 440 g/mol. The number of methoxy groups -OCH3 is 1. The topological polar surface area (TPSA) is 56.3 Å². The zero-order valence-electron chi connectivity index (χ0n) is 20.9. The largest absolute Gasteiger partial charge is 0.497 e. The summed E-state index contributed by atoms with van der Waals surface area (Å²) in [5.74, 6) is 0.673. The Morgan fingerprint density at radius 3 is 2.26 bits per heavy atom. The number of nitrogens with zero attached hydrogens (tertiary/aromatic N) is 4. The van der Waals surface area contributed by atoms with Crippen molar-refractivity contribution in [2.45, 2.75) is 51.2 Å². The predicted molar refractivity (Wildman–Crippen MR) is 136 cm³/mol. The lowest BCUT2D eigenvalue weighted by Crippen LogP contribution is -2.56. The highest BCUT2D eigenvalue weighted by Crippen LogP contribution is 2.38. The molecular formula is C28H36N4O3. The van der Waals surface area contributed by atoms with Crippen molar-refractivity contribution in [1.29, 1.82) is 0 Å². The minimum absolute atomic E-state index is 0.0539. The monoisotopic (exact) mass is 476 g/mol. The maximum atomic E-state index is 13.7. The minimum atomic E-state index is -0.721. The summed E-state index contributed by atoms with van der Waals surface area (Å²) in [5.41, 5.74) is 2.79. The number of benzene rings is 2. The van der Waals surface area contributed by atoms with Gasteiger partial charge in [0.2, 0.25) is 0 Å². The Morgan fingerprint density at radius 2 is 1.60 bits per heavy atom. The van der Waals surface area contributed by atoms with E-state index in [2.05, 4.69) is 34.1 Å². The van der Waals surface area contributed by atoms with Gasteiger partial charge < -0.3 is 14.5 Å². The molecule has 0 saturated carbocycles. The van der Waals surface area contributed by atoms with Crippen molar-refractivity contribution < 1.29 is 14.3 Å². The van der Waals surface area contributed by atoms with E-state index < -0.39 is 5.54 Å². The van der Waals surface area contributed by atoms with Crippen molar-refractivity contribution in [2.75, 3.05) is 44.7 Å². The van der Waals surface area contributed by atoms with Crippen LogP contribution in [0.5, 0.6) is 5.75 Å². The Bertz CT molecular complexity index is 1060. The molecule has 5 rings (SSSR count). The lowest BCUT2D eigenvalue weighted by molar-refractivity contribution is -0.136. The highest BCUT2D eigenvalue weighted by Gasteiger charge is 2.57. The van der Waals surface area contributed by atoms with Gasteiger partial charge in [-0.15, -0.1) is 0 Å². The molecule has 186 valence electrons. The summed E-state index contributed by atoms with van der Waals surface area (Å²) < 4.78 is 5.31. The van der Waals surface area contributed by atoms with E-state index in [1.165, 1.54) is 29.0 Å². The summed E-state index contributed by atoms with van der Waals surface area (Å²) in [7, 11) is 1.62. The van der Waals surface area contributed by atoms with Gasteiger partial charge in [-0.2, -0.15) is 0 Å². The van der Waals surface area contributed by atoms with Gasteiger partial charge >= 0.3 is 6.03 Å². The van der Waals surface area contributed by atoms with Gasteiger partial charge in [0, 0.05) is 45.0 Å². The summed E-state index contributed by atoms with van der Waals surface area (Å²) in [4.78, 5) is 35.0. The molecule has 3 saturated heterocycles. The molecule has 0 aliphatic carbocycles. The first kappa shape index (κ1) is 23.7. The number of hydrogen-bond acceptors (Lipinski definition) is 5. The van der Waals surface area contributed by atoms with Gasteiger partial charge in [0.15, 0.2) is 0 Å². The van der Waals surface area contributed by atoms with Crippen LogP contribution < -0.4 is 9.64 Å². The van der Waals surface area contributed by atoms with E-state index >= 15 is 0 Å². The average Bonchev–Trinajstić information content (AvgIpc) is 3.49. The highest BCUT2D eigenvalue weighted by atomic mass is 16.5. The fourth-order valence-electron chi connectivity index (χ4n) is 5.92. The van der Waals surface area contributed by atoms with E-state index in [0.717, 1.165) is 44.0 Å². The molecule has 0 radical (unpaired) electrons. The first-order valence-electron chi connectivity index (χ1n) is 12.9. The molecule has 0 aromatic heterocycles. The van der Waals surface area contributed by atoms with E-state index in [0.29, 0.717) is 19.4 Å². The van der Waals surface area contributed by atoms with Crippen LogP contribution in [0.3, 0.4) is 0 Å². The lowest BCUT2D eigenvalue weighted by atomic mass is 9.85. The van der Waals surface area contributed by atoms with E-state index in [1.807, 2.05) is 31.2 Å². The fraction of sp³-hybridized carbons (Fsp3) is 0.500. The molecule has 0 N–H and O–H groups in total. The molecule has 3 amide bonds. The van der Waals surface area contributed by atoms with Gasteiger partial charge in [-0.3, -0.25) is 14.6 Å². The van der Waals surface area contributed by atoms with Crippen LogP contribution in [-0.4, -0.2) is 72.0 Å². The summed E-state index contributed by atoms with van der Waals surface area (Å²) in [6.45, 7) is 7.57. The van der Waals surface area contributed by atoms with Gasteiger partial charge in [-0.1, -0.05) is 24.3 Å². The van der Waals surface area contributed by atoms with Crippen molar-refractivity contribution in [3.8, 4) is 5.75 Å². The highest BCUT2D eigenvalue weighted by molar-refractivity contribution is 6.07. The van der Waals surface area contributed by atoms with E-state index in [4.69, 9.17) is 4.74 Å². The molecule has 35 heavy (non-hydrogen) atoms. The number of amides is 3. The first-order chi connectivity index (χ1) is 17.0. The van der Waals surface area contributed by atoms with Crippen LogP contribution >= 0.6 is 0 Å². The van der Waals surface area contributed by atoms with Crippen LogP contribution in [0, 0.1) is 0 Å². The number of rotatable bonds is 7. The van der Waals surface area contributed by atoms with Crippen LogP contribution in [0.25, 0.3) is 0 Å². The van der Waals surface area contributed by atoms with Crippen molar-refractivity contribution in [1.82, 2.24) is 14.7 Å². The predicted octanol–water partition coefficient (Wildman–Crippen LogP) is 4.11. The van der Waals surface area contributed by atoms with E-state index in [-0.39, 0.29) is 18.5 Å². The number of ether oxygens (including phenoxy) is 1. The first-order valence-corrected chi connectivity index (χ1v) is 12.9. The molecule has 0 bridgehead atoms. The van der Waals surface area contributed by atoms with Crippen molar-refractivity contribution in [2.24, 2.45) is 0 Å². The molecule has 1 spiro atoms. The molecule has 2 aromatic carbocycles. The number of carbonyl (C=O) groups excluding carboxylic acids is 2. The number of piperidine rings is 1. The Morgan fingerprint density at radius 1 is 0.886 bits per heavy atom. The quantitative estimate of drug-likeness (QED) is 0.563. The zero-order chi connectivity index (χ0) is 24.4. The van der Waals surface area contributed by atoms with Gasteiger partial charge in [-0.25, -0.2) is 4.79 Å². The number of urea groups is 1. The van der Waals surface area contributed by atoms with E-state index in [1.54, 1.807) is 12.0 Å². The molecule has 0 atom stereocenters. The normalized spacial score (nSPS) is 20.3. The number of likely N-dealkylation sites (N-methyl/N-ethyl adjacent to an activating group) is 1. The number of carbonyl (C=O) groups is 2. The summed E-state index contributed by atoms with van der Waals surface area (Å²) in [6, 6.07) is 16.3. The second-order valence-electron chi connectivity index (χ2n) is 9.94. The summed E-state index contributed by atoms with van der Waals surface area (Å²) in [5, 5.41) is 0. The second-order valence-corrected chi connectivity index (χ2v) is 9.94.